The quantitative estimate of drug-likeness (QED) is 0.791. The molecule has 2 aromatic rings. The number of hydrogen-bond acceptors (Lipinski definition) is 3. The highest BCUT2D eigenvalue weighted by atomic mass is 16.5. The van der Waals surface area contributed by atoms with Gasteiger partial charge in [0.25, 0.3) is 0 Å². The molecule has 4 nitrogen and oxygen atoms in total. The molecule has 0 spiro atoms. The second kappa shape index (κ2) is 7.33. The maximum Gasteiger partial charge on any atom is 0.336 e. The Labute approximate surface area is 123 Å². The lowest BCUT2D eigenvalue weighted by Crippen LogP contribution is -2.07. The first-order valence-corrected chi connectivity index (χ1v) is 6.82. The van der Waals surface area contributed by atoms with Gasteiger partial charge in [-0.2, -0.15) is 0 Å². The molecule has 0 aromatic heterocycles. The Morgan fingerprint density at radius 2 is 1.71 bits per heavy atom. The van der Waals surface area contributed by atoms with Gasteiger partial charge in [0.05, 0.1) is 18.8 Å². The molecule has 0 bridgehead atoms. The molecule has 0 unspecified atom stereocenters. The highest BCUT2D eigenvalue weighted by molar-refractivity contribution is 5.90. The SMILES string of the molecule is Cc1c(OCCCOc2ccccc2)cccc1C(=O)O. The van der Waals surface area contributed by atoms with E-state index in [1.54, 1.807) is 25.1 Å². The molecule has 1 N–H and O–H groups in total. The lowest BCUT2D eigenvalue weighted by Gasteiger charge is -2.11. The van der Waals surface area contributed by atoms with Gasteiger partial charge >= 0.3 is 5.97 Å². The fourth-order valence-corrected chi connectivity index (χ4v) is 1.95. The van der Waals surface area contributed by atoms with Crippen LogP contribution in [0.2, 0.25) is 0 Å². The summed E-state index contributed by atoms with van der Waals surface area (Å²) in [6, 6.07) is 14.6. The van der Waals surface area contributed by atoms with Crippen LogP contribution < -0.4 is 9.47 Å². The second-order valence-corrected chi connectivity index (χ2v) is 4.60. The summed E-state index contributed by atoms with van der Waals surface area (Å²) in [6.45, 7) is 2.79. The third-order valence-corrected chi connectivity index (χ3v) is 3.07. The maximum atomic E-state index is 11.0. The van der Waals surface area contributed by atoms with Crippen LogP contribution in [-0.2, 0) is 0 Å². The van der Waals surface area contributed by atoms with Crippen molar-refractivity contribution in [1.29, 1.82) is 0 Å². The zero-order chi connectivity index (χ0) is 15.1. The average Bonchev–Trinajstić information content (AvgIpc) is 2.49. The lowest BCUT2D eigenvalue weighted by atomic mass is 10.1. The van der Waals surface area contributed by atoms with E-state index in [4.69, 9.17) is 14.6 Å². The van der Waals surface area contributed by atoms with Gasteiger partial charge in [-0.3, -0.25) is 0 Å². The summed E-state index contributed by atoms with van der Waals surface area (Å²) >= 11 is 0. The van der Waals surface area contributed by atoms with Crippen LogP contribution in [0.25, 0.3) is 0 Å². The van der Waals surface area contributed by atoms with Crippen LogP contribution in [0.3, 0.4) is 0 Å². The van der Waals surface area contributed by atoms with Crippen molar-refractivity contribution < 1.29 is 19.4 Å². The highest BCUT2D eigenvalue weighted by Crippen LogP contribution is 2.21. The number of rotatable bonds is 7. The minimum atomic E-state index is -0.939. The summed E-state index contributed by atoms with van der Waals surface area (Å²) < 4.78 is 11.2. The predicted molar refractivity (Wildman–Crippen MR) is 80.2 cm³/mol. The van der Waals surface area contributed by atoms with Crippen LogP contribution in [-0.4, -0.2) is 24.3 Å². The summed E-state index contributed by atoms with van der Waals surface area (Å²) in [5, 5.41) is 9.05. The van der Waals surface area contributed by atoms with Gasteiger partial charge in [0.1, 0.15) is 11.5 Å². The van der Waals surface area contributed by atoms with Crippen LogP contribution in [0.15, 0.2) is 48.5 Å². The van der Waals surface area contributed by atoms with Crippen molar-refractivity contribution >= 4 is 5.97 Å². The molecule has 0 saturated heterocycles. The number of para-hydroxylation sites is 1. The van der Waals surface area contributed by atoms with Crippen molar-refractivity contribution in [3.05, 3.63) is 59.7 Å². The van der Waals surface area contributed by atoms with E-state index in [9.17, 15) is 4.79 Å². The van der Waals surface area contributed by atoms with Crippen LogP contribution in [0.5, 0.6) is 11.5 Å². The first-order valence-electron chi connectivity index (χ1n) is 6.82. The standard InChI is InChI=1S/C17H18O4/c1-13-15(17(18)19)9-5-10-16(13)21-12-6-11-20-14-7-3-2-4-8-14/h2-5,7-10H,6,11-12H2,1H3,(H,18,19). The lowest BCUT2D eigenvalue weighted by molar-refractivity contribution is 0.0695. The fourth-order valence-electron chi connectivity index (χ4n) is 1.95. The highest BCUT2D eigenvalue weighted by Gasteiger charge is 2.10. The molecule has 0 aliphatic heterocycles. The van der Waals surface area contributed by atoms with E-state index >= 15 is 0 Å². The van der Waals surface area contributed by atoms with Crippen molar-refractivity contribution in [2.45, 2.75) is 13.3 Å². The summed E-state index contributed by atoms with van der Waals surface area (Å²) in [6.07, 6.45) is 0.728. The Morgan fingerprint density at radius 1 is 1.00 bits per heavy atom. The molecule has 0 fully saturated rings. The van der Waals surface area contributed by atoms with Gasteiger partial charge in [-0.1, -0.05) is 24.3 Å². The molecule has 110 valence electrons. The second-order valence-electron chi connectivity index (χ2n) is 4.60. The normalized spacial score (nSPS) is 10.1. The van der Waals surface area contributed by atoms with Gasteiger partial charge in [-0.05, 0) is 31.2 Å². The molecular weight excluding hydrogens is 268 g/mol. The van der Waals surface area contributed by atoms with Gasteiger partial charge in [0, 0.05) is 12.0 Å². The smallest absolute Gasteiger partial charge is 0.336 e. The molecule has 4 heteroatoms. The zero-order valence-corrected chi connectivity index (χ0v) is 11.9. The van der Waals surface area contributed by atoms with E-state index in [1.165, 1.54) is 0 Å². The average molecular weight is 286 g/mol. The summed E-state index contributed by atoms with van der Waals surface area (Å²) in [7, 11) is 0. The first-order chi connectivity index (χ1) is 10.2. The molecule has 0 aliphatic carbocycles. The van der Waals surface area contributed by atoms with Crippen molar-refractivity contribution in [2.24, 2.45) is 0 Å². The van der Waals surface area contributed by atoms with Crippen molar-refractivity contribution in [2.75, 3.05) is 13.2 Å². The summed E-state index contributed by atoms with van der Waals surface area (Å²) in [4.78, 5) is 11.0. The number of hydrogen-bond donors (Lipinski definition) is 1. The molecule has 0 atom stereocenters. The first kappa shape index (κ1) is 14.9. The van der Waals surface area contributed by atoms with Crippen LogP contribution in [0, 0.1) is 6.92 Å². The molecule has 21 heavy (non-hydrogen) atoms. The predicted octanol–water partition coefficient (Wildman–Crippen LogP) is 3.54. The minimum Gasteiger partial charge on any atom is -0.493 e. The molecular formula is C17H18O4. The Hall–Kier alpha value is -2.49. The Bertz CT molecular complexity index is 593. The van der Waals surface area contributed by atoms with Gasteiger partial charge in [0.2, 0.25) is 0 Å². The number of benzene rings is 2. The molecule has 2 rings (SSSR count). The van der Waals surface area contributed by atoms with Gasteiger partial charge < -0.3 is 14.6 Å². The monoisotopic (exact) mass is 286 g/mol. The molecule has 2 aromatic carbocycles. The summed E-state index contributed by atoms with van der Waals surface area (Å²) in [5.74, 6) is 0.501. The van der Waals surface area contributed by atoms with Crippen molar-refractivity contribution in [3.8, 4) is 11.5 Å². The minimum absolute atomic E-state index is 0.271. The third kappa shape index (κ3) is 4.24. The molecule has 0 radical (unpaired) electrons. The molecule has 0 amide bonds. The van der Waals surface area contributed by atoms with Gasteiger partial charge in [-0.25, -0.2) is 4.79 Å². The maximum absolute atomic E-state index is 11.0. The fraction of sp³-hybridized carbons (Fsp3) is 0.235. The van der Waals surface area contributed by atoms with Crippen LogP contribution in [0.1, 0.15) is 22.3 Å². The number of carbonyl (C=O) groups is 1. The Kier molecular flexibility index (Phi) is 5.21. The van der Waals surface area contributed by atoms with E-state index in [0.717, 1.165) is 12.2 Å². The number of aromatic carboxylic acids is 1. The number of carboxylic acid groups (broad SMARTS) is 1. The van der Waals surface area contributed by atoms with E-state index in [-0.39, 0.29) is 5.56 Å². The van der Waals surface area contributed by atoms with Crippen molar-refractivity contribution in [1.82, 2.24) is 0 Å². The topological polar surface area (TPSA) is 55.8 Å². The van der Waals surface area contributed by atoms with Crippen LogP contribution >= 0.6 is 0 Å². The Balaban J connectivity index is 1.79. The van der Waals surface area contributed by atoms with E-state index in [2.05, 4.69) is 0 Å². The van der Waals surface area contributed by atoms with Crippen molar-refractivity contribution in [3.63, 3.8) is 0 Å². The van der Waals surface area contributed by atoms with E-state index < -0.39 is 5.97 Å². The molecule has 0 aliphatic rings. The molecule has 0 heterocycles. The zero-order valence-electron chi connectivity index (χ0n) is 11.9. The largest absolute Gasteiger partial charge is 0.493 e. The van der Waals surface area contributed by atoms with E-state index in [0.29, 0.717) is 24.5 Å². The van der Waals surface area contributed by atoms with Gasteiger partial charge in [0.15, 0.2) is 0 Å². The van der Waals surface area contributed by atoms with E-state index in [1.807, 2.05) is 30.3 Å². The number of ether oxygens (including phenoxy) is 2. The van der Waals surface area contributed by atoms with Gasteiger partial charge in [-0.15, -0.1) is 0 Å². The Morgan fingerprint density at radius 3 is 2.43 bits per heavy atom. The van der Waals surface area contributed by atoms with Crippen LogP contribution in [0.4, 0.5) is 0 Å². The molecule has 0 saturated carbocycles. The third-order valence-electron chi connectivity index (χ3n) is 3.07. The number of carboxylic acids is 1. The summed E-state index contributed by atoms with van der Waals surface area (Å²) in [5.41, 5.74) is 0.919.